The highest BCUT2D eigenvalue weighted by Crippen LogP contribution is 2.20. The molecule has 0 bridgehead atoms. The molecule has 0 unspecified atom stereocenters. The molecule has 0 aliphatic heterocycles. The minimum absolute atomic E-state index is 0.177. The van der Waals surface area contributed by atoms with E-state index in [4.69, 9.17) is 9.47 Å². The first-order chi connectivity index (χ1) is 9.02. The number of ether oxygens (including phenoxy) is 2. The molecule has 0 radical (unpaired) electrons. The Kier molecular flexibility index (Phi) is 6.42. The SMILES string of the molecule is CCOC(=O)SCCC(=O)Oc1cc(C)ccc1C. The molecule has 19 heavy (non-hydrogen) atoms. The second-order valence-electron chi connectivity index (χ2n) is 4.02. The number of thioether (sulfide) groups is 1. The van der Waals surface area contributed by atoms with Crippen LogP contribution in [0.3, 0.4) is 0 Å². The molecule has 4 nitrogen and oxygen atoms in total. The van der Waals surface area contributed by atoms with Gasteiger partial charge in [-0.1, -0.05) is 12.1 Å². The van der Waals surface area contributed by atoms with E-state index in [9.17, 15) is 9.59 Å². The van der Waals surface area contributed by atoms with Gasteiger partial charge in [-0.2, -0.15) is 0 Å². The van der Waals surface area contributed by atoms with Gasteiger partial charge in [-0.3, -0.25) is 4.79 Å². The zero-order valence-electron chi connectivity index (χ0n) is 11.4. The zero-order valence-corrected chi connectivity index (χ0v) is 12.2. The Balaban J connectivity index is 2.39. The van der Waals surface area contributed by atoms with Crippen LogP contribution in [-0.2, 0) is 9.53 Å². The molecular weight excluding hydrogens is 264 g/mol. The fourth-order valence-corrected chi connectivity index (χ4v) is 2.00. The molecule has 0 saturated heterocycles. The highest BCUT2D eigenvalue weighted by atomic mass is 32.2. The fraction of sp³-hybridized carbons (Fsp3) is 0.429. The molecule has 104 valence electrons. The van der Waals surface area contributed by atoms with Crippen molar-refractivity contribution in [1.82, 2.24) is 0 Å². The largest absolute Gasteiger partial charge is 0.458 e. The maximum Gasteiger partial charge on any atom is 0.367 e. The number of carbonyl (C=O) groups excluding carboxylic acids is 2. The molecule has 0 atom stereocenters. The van der Waals surface area contributed by atoms with Gasteiger partial charge in [0.1, 0.15) is 5.75 Å². The second-order valence-corrected chi connectivity index (χ2v) is 5.05. The van der Waals surface area contributed by atoms with Crippen molar-refractivity contribution in [3.8, 4) is 5.75 Å². The predicted molar refractivity (Wildman–Crippen MR) is 75.6 cm³/mol. The Morgan fingerprint density at radius 2 is 2.00 bits per heavy atom. The molecule has 0 aliphatic rings. The van der Waals surface area contributed by atoms with Crippen LogP contribution in [0.25, 0.3) is 0 Å². The summed E-state index contributed by atoms with van der Waals surface area (Å²) in [5.74, 6) is 0.597. The van der Waals surface area contributed by atoms with Crippen LogP contribution < -0.4 is 4.74 Å². The van der Waals surface area contributed by atoms with Gasteiger partial charge in [0.2, 0.25) is 0 Å². The lowest BCUT2D eigenvalue weighted by Crippen LogP contribution is -2.10. The number of benzene rings is 1. The predicted octanol–water partition coefficient (Wildman–Crippen LogP) is 3.49. The van der Waals surface area contributed by atoms with Gasteiger partial charge >= 0.3 is 11.3 Å². The van der Waals surface area contributed by atoms with Gasteiger partial charge < -0.3 is 9.47 Å². The summed E-state index contributed by atoms with van der Waals surface area (Å²) in [6.45, 7) is 5.91. The Morgan fingerprint density at radius 3 is 2.68 bits per heavy atom. The number of aryl methyl sites for hydroxylation is 2. The summed E-state index contributed by atoms with van der Waals surface area (Å²) in [6.07, 6.45) is 0.177. The first-order valence-corrected chi connectivity index (χ1v) is 7.09. The summed E-state index contributed by atoms with van der Waals surface area (Å²) in [7, 11) is 0. The van der Waals surface area contributed by atoms with Crippen LogP contribution in [0.2, 0.25) is 0 Å². The maximum atomic E-state index is 11.6. The average Bonchev–Trinajstić information content (AvgIpc) is 2.34. The third kappa shape index (κ3) is 5.79. The molecule has 1 aromatic carbocycles. The van der Waals surface area contributed by atoms with E-state index in [1.807, 2.05) is 32.0 Å². The summed E-state index contributed by atoms with van der Waals surface area (Å²) < 4.78 is 10.0. The second kappa shape index (κ2) is 7.84. The monoisotopic (exact) mass is 282 g/mol. The Labute approximate surface area is 117 Å². The fourth-order valence-electron chi connectivity index (χ4n) is 1.37. The van der Waals surface area contributed by atoms with Crippen LogP contribution in [0.5, 0.6) is 5.75 Å². The third-order valence-corrected chi connectivity index (χ3v) is 3.12. The first-order valence-electron chi connectivity index (χ1n) is 6.10. The van der Waals surface area contributed by atoms with E-state index in [0.717, 1.165) is 22.9 Å². The van der Waals surface area contributed by atoms with Gasteiger partial charge in [0.25, 0.3) is 0 Å². The van der Waals surface area contributed by atoms with E-state index < -0.39 is 0 Å². The molecule has 0 amide bonds. The summed E-state index contributed by atoms with van der Waals surface area (Å²) >= 11 is 0.985. The standard InChI is InChI=1S/C14H18O4S/c1-4-17-14(16)19-8-7-13(15)18-12-9-10(2)5-6-11(12)3/h5-6,9H,4,7-8H2,1-3H3. The zero-order chi connectivity index (χ0) is 14.3. The summed E-state index contributed by atoms with van der Waals surface area (Å²) in [4.78, 5) is 22.7. The molecule has 0 heterocycles. The molecule has 0 aliphatic carbocycles. The van der Waals surface area contributed by atoms with Crippen LogP contribution in [-0.4, -0.2) is 23.6 Å². The Morgan fingerprint density at radius 1 is 1.26 bits per heavy atom. The smallest absolute Gasteiger partial charge is 0.367 e. The first kappa shape index (κ1) is 15.6. The summed E-state index contributed by atoms with van der Waals surface area (Å²) in [5.41, 5.74) is 1.95. The highest BCUT2D eigenvalue weighted by molar-refractivity contribution is 8.13. The molecule has 0 aromatic heterocycles. The average molecular weight is 282 g/mol. The molecule has 0 fully saturated rings. The van der Waals surface area contributed by atoms with Gasteiger partial charge in [0, 0.05) is 5.75 Å². The van der Waals surface area contributed by atoms with Crippen LogP contribution in [0, 0.1) is 13.8 Å². The van der Waals surface area contributed by atoms with Crippen LogP contribution in [0.4, 0.5) is 4.79 Å². The lowest BCUT2D eigenvalue weighted by molar-refractivity contribution is -0.133. The molecule has 0 saturated carbocycles. The lowest BCUT2D eigenvalue weighted by Gasteiger charge is -2.08. The van der Waals surface area contributed by atoms with E-state index in [1.165, 1.54) is 0 Å². The van der Waals surface area contributed by atoms with Gasteiger partial charge in [0.05, 0.1) is 13.0 Å². The molecule has 5 heteroatoms. The van der Waals surface area contributed by atoms with Crippen LogP contribution in [0.1, 0.15) is 24.5 Å². The van der Waals surface area contributed by atoms with Crippen LogP contribution >= 0.6 is 11.8 Å². The van der Waals surface area contributed by atoms with Gasteiger partial charge in [-0.15, -0.1) is 0 Å². The topological polar surface area (TPSA) is 52.6 Å². The third-order valence-electron chi connectivity index (χ3n) is 2.36. The van der Waals surface area contributed by atoms with E-state index in [0.29, 0.717) is 18.1 Å². The minimum Gasteiger partial charge on any atom is -0.458 e. The summed E-state index contributed by atoms with van der Waals surface area (Å²) in [6, 6.07) is 5.69. The van der Waals surface area contributed by atoms with Crippen molar-refractivity contribution in [2.24, 2.45) is 0 Å². The molecule has 1 rings (SSSR count). The number of rotatable bonds is 5. The van der Waals surface area contributed by atoms with E-state index in [2.05, 4.69) is 0 Å². The molecular formula is C14H18O4S. The maximum absolute atomic E-state index is 11.6. The van der Waals surface area contributed by atoms with E-state index >= 15 is 0 Å². The molecule has 0 N–H and O–H groups in total. The minimum atomic E-state index is -0.359. The van der Waals surface area contributed by atoms with Crippen molar-refractivity contribution < 1.29 is 19.1 Å². The van der Waals surface area contributed by atoms with Gasteiger partial charge in [-0.05, 0) is 49.7 Å². The van der Waals surface area contributed by atoms with Crippen molar-refractivity contribution >= 4 is 23.0 Å². The number of esters is 1. The van der Waals surface area contributed by atoms with Crippen molar-refractivity contribution in [3.05, 3.63) is 29.3 Å². The van der Waals surface area contributed by atoms with Crippen molar-refractivity contribution in [2.75, 3.05) is 12.4 Å². The molecule has 1 aromatic rings. The van der Waals surface area contributed by atoms with Crippen molar-refractivity contribution in [1.29, 1.82) is 0 Å². The van der Waals surface area contributed by atoms with Gasteiger partial charge in [-0.25, -0.2) is 4.79 Å². The van der Waals surface area contributed by atoms with Crippen molar-refractivity contribution in [2.45, 2.75) is 27.2 Å². The lowest BCUT2D eigenvalue weighted by atomic mass is 10.1. The normalized spacial score (nSPS) is 10.1. The number of hydrogen-bond donors (Lipinski definition) is 0. The Hall–Kier alpha value is -1.49. The highest BCUT2D eigenvalue weighted by Gasteiger charge is 2.09. The quantitative estimate of drug-likeness (QED) is 0.611. The number of hydrogen-bond acceptors (Lipinski definition) is 5. The van der Waals surface area contributed by atoms with E-state index in [-0.39, 0.29) is 17.7 Å². The Bertz CT molecular complexity index is 457. The number of carbonyl (C=O) groups is 2. The molecule has 0 spiro atoms. The summed E-state index contributed by atoms with van der Waals surface area (Å²) in [5, 5.41) is -0.359. The van der Waals surface area contributed by atoms with E-state index in [1.54, 1.807) is 6.92 Å². The van der Waals surface area contributed by atoms with Gasteiger partial charge in [0.15, 0.2) is 0 Å². The van der Waals surface area contributed by atoms with Crippen molar-refractivity contribution in [3.63, 3.8) is 0 Å². The van der Waals surface area contributed by atoms with Crippen LogP contribution in [0.15, 0.2) is 18.2 Å².